The first kappa shape index (κ1) is 15.2. The molecule has 0 aromatic carbocycles. The van der Waals surface area contributed by atoms with Crippen LogP contribution in [0.25, 0.3) is 0 Å². The fourth-order valence-corrected chi connectivity index (χ4v) is 2.02. The highest BCUT2D eigenvalue weighted by Gasteiger charge is 2.34. The van der Waals surface area contributed by atoms with Crippen LogP contribution >= 0.6 is 0 Å². The molecule has 1 aliphatic heterocycles. The summed E-state index contributed by atoms with van der Waals surface area (Å²) in [7, 11) is 1.30. The first-order chi connectivity index (χ1) is 9.81. The predicted molar refractivity (Wildman–Crippen MR) is 73.9 cm³/mol. The summed E-state index contributed by atoms with van der Waals surface area (Å²) in [5.41, 5.74) is 3.75. The molecule has 1 atom stereocenters. The second-order valence-corrected chi connectivity index (χ2v) is 5.73. The Morgan fingerprint density at radius 3 is 2.76 bits per heavy atom. The molecule has 0 saturated carbocycles. The highest BCUT2D eigenvalue weighted by Crippen LogP contribution is 2.26. The van der Waals surface area contributed by atoms with Gasteiger partial charge in [-0.1, -0.05) is 0 Å². The number of esters is 1. The Morgan fingerprint density at radius 1 is 1.43 bits per heavy atom. The fourth-order valence-electron chi connectivity index (χ4n) is 2.02. The summed E-state index contributed by atoms with van der Waals surface area (Å²) in [5.74, 6) is -0.476. The maximum Gasteiger partial charge on any atom is 0.425 e. The molecule has 0 fully saturated rings. The quantitative estimate of drug-likeness (QED) is 0.791. The molecule has 1 aromatic heterocycles. The molecule has 0 aliphatic carbocycles. The zero-order chi connectivity index (χ0) is 15.6. The van der Waals surface area contributed by atoms with Gasteiger partial charge in [0.25, 0.3) is 0 Å². The minimum absolute atomic E-state index is 0.269. The van der Waals surface area contributed by atoms with Gasteiger partial charge in [-0.15, -0.1) is 0 Å². The molecule has 7 nitrogen and oxygen atoms in total. The molecule has 2 heterocycles. The van der Waals surface area contributed by atoms with Gasteiger partial charge in [-0.3, -0.25) is 4.98 Å². The minimum atomic E-state index is -0.755. The van der Waals surface area contributed by atoms with Crippen molar-refractivity contribution in [2.45, 2.75) is 39.0 Å². The third-order valence-corrected chi connectivity index (χ3v) is 2.92. The maximum atomic E-state index is 12.1. The van der Waals surface area contributed by atoms with Crippen LogP contribution in [0, 0.1) is 0 Å². The molecule has 0 saturated heterocycles. The predicted octanol–water partition coefficient (Wildman–Crippen LogP) is 1.55. The summed E-state index contributed by atoms with van der Waals surface area (Å²) in [6, 6.07) is 0.977. The lowest BCUT2D eigenvalue weighted by Gasteiger charge is -2.34. The number of pyridine rings is 1. The number of fused-ring (bicyclic) bond motifs is 1. The van der Waals surface area contributed by atoms with Crippen LogP contribution in [-0.4, -0.2) is 34.8 Å². The molecule has 1 amide bonds. The smallest absolute Gasteiger partial charge is 0.425 e. The van der Waals surface area contributed by atoms with Gasteiger partial charge in [-0.2, -0.15) is 0 Å². The van der Waals surface area contributed by atoms with Crippen molar-refractivity contribution >= 4 is 12.1 Å². The van der Waals surface area contributed by atoms with E-state index in [1.807, 2.05) is 0 Å². The molecule has 1 aromatic rings. The Bertz CT molecular complexity index is 553. The number of ether oxygens (including phenoxy) is 2. The van der Waals surface area contributed by atoms with E-state index in [0.717, 1.165) is 11.1 Å². The van der Waals surface area contributed by atoms with Crippen molar-refractivity contribution in [3.63, 3.8) is 0 Å². The third kappa shape index (κ3) is 3.49. The number of amides is 1. The Hall–Kier alpha value is -2.15. The van der Waals surface area contributed by atoms with Crippen molar-refractivity contribution in [3.05, 3.63) is 29.6 Å². The van der Waals surface area contributed by atoms with Crippen molar-refractivity contribution in [2.75, 3.05) is 7.11 Å². The van der Waals surface area contributed by atoms with E-state index >= 15 is 0 Å². The summed E-state index contributed by atoms with van der Waals surface area (Å²) in [6.07, 6.45) is 2.68. The summed E-state index contributed by atoms with van der Waals surface area (Å²) < 4.78 is 10.1. The van der Waals surface area contributed by atoms with Crippen molar-refractivity contribution in [2.24, 2.45) is 0 Å². The van der Waals surface area contributed by atoms with Gasteiger partial charge in [-0.05, 0) is 38.0 Å². The molecule has 21 heavy (non-hydrogen) atoms. The standard InChI is InChI=1S/C14H19N3O4/c1-14(2,3)21-13(19)17-8-9-7-15-6-5-10(9)11(16-17)12(18)20-4/h5-7,11,16H,8H2,1-4H3. The summed E-state index contributed by atoms with van der Waals surface area (Å²) in [6.45, 7) is 5.61. The van der Waals surface area contributed by atoms with Crippen LogP contribution in [0.15, 0.2) is 18.5 Å². The Balaban J connectivity index is 2.26. The Kier molecular flexibility index (Phi) is 4.13. The number of carbonyl (C=O) groups is 2. The highest BCUT2D eigenvalue weighted by atomic mass is 16.6. The van der Waals surface area contributed by atoms with Crippen LogP contribution in [0.1, 0.15) is 37.9 Å². The summed E-state index contributed by atoms with van der Waals surface area (Å²) in [4.78, 5) is 28.1. The Morgan fingerprint density at radius 2 is 2.14 bits per heavy atom. The highest BCUT2D eigenvalue weighted by molar-refractivity contribution is 5.79. The molecule has 7 heteroatoms. The average molecular weight is 293 g/mol. The fraction of sp³-hybridized carbons (Fsp3) is 0.500. The SMILES string of the molecule is COC(=O)C1NN(C(=O)OC(C)(C)C)Cc2cnccc21. The number of hydrogen-bond acceptors (Lipinski definition) is 6. The summed E-state index contributed by atoms with van der Waals surface area (Å²) in [5, 5.41) is 1.26. The second-order valence-electron chi connectivity index (χ2n) is 5.73. The van der Waals surface area contributed by atoms with E-state index in [1.54, 1.807) is 39.2 Å². The molecule has 1 unspecified atom stereocenters. The van der Waals surface area contributed by atoms with E-state index in [2.05, 4.69) is 10.4 Å². The van der Waals surface area contributed by atoms with Crippen LogP contribution in [-0.2, 0) is 20.8 Å². The van der Waals surface area contributed by atoms with Crippen LogP contribution in [0.3, 0.4) is 0 Å². The van der Waals surface area contributed by atoms with E-state index < -0.39 is 23.7 Å². The van der Waals surface area contributed by atoms with Crippen LogP contribution in [0.5, 0.6) is 0 Å². The van der Waals surface area contributed by atoms with Gasteiger partial charge in [0.1, 0.15) is 11.6 Å². The van der Waals surface area contributed by atoms with E-state index in [1.165, 1.54) is 12.1 Å². The van der Waals surface area contributed by atoms with Crippen LogP contribution < -0.4 is 5.43 Å². The van der Waals surface area contributed by atoms with Crippen molar-refractivity contribution < 1.29 is 19.1 Å². The number of hydrogen-bond donors (Lipinski definition) is 1. The number of methoxy groups -OCH3 is 1. The molecule has 2 rings (SSSR count). The van der Waals surface area contributed by atoms with Gasteiger partial charge in [0.05, 0.1) is 13.7 Å². The van der Waals surface area contributed by atoms with E-state index in [-0.39, 0.29) is 6.54 Å². The average Bonchev–Trinajstić information content (AvgIpc) is 2.43. The molecule has 1 N–H and O–H groups in total. The largest absolute Gasteiger partial charge is 0.468 e. The second kappa shape index (κ2) is 5.69. The topological polar surface area (TPSA) is 80.8 Å². The van der Waals surface area contributed by atoms with E-state index in [0.29, 0.717) is 0 Å². The van der Waals surface area contributed by atoms with Crippen LogP contribution in [0.4, 0.5) is 4.79 Å². The number of nitrogens with one attached hydrogen (secondary N) is 1. The minimum Gasteiger partial charge on any atom is -0.468 e. The first-order valence-corrected chi connectivity index (χ1v) is 6.59. The summed E-state index contributed by atoms with van der Waals surface area (Å²) >= 11 is 0. The van der Waals surface area contributed by atoms with Crippen molar-refractivity contribution in [1.82, 2.24) is 15.4 Å². The number of aromatic nitrogens is 1. The number of hydrazine groups is 1. The van der Waals surface area contributed by atoms with Gasteiger partial charge >= 0.3 is 12.1 Å². The molecule has 0 bridgehead atoms. The molecule has 114 valence electrons. The molecule has 0 radical (unpaired) electrons. The lowest BCUT2D eigenvalue weighted by molar-refractivity contribution is -0.145. The van der Waals surface area contributed by atoms with E-state index in [9.17, 15) is 9.59 Å². The van der Waals surface area contributed by atoms with E-state index in [4.69, 9.17) is 9.47 Å². The monoisotopic (exact) mass is 293 g/mol. The van der Waals surface area contributed by atoms with Crippen LogP contribution in [0.2, 0.25) is 0 Å². The normalized spacial score (nSPS) is 17.9. The van der Waals surface area contributed by atoms with Gasteiger partial charge in [0.15, 0.2) is 0 Å². The lowest BCUT2D eigenvalue weighted by Crippen LogP contribution is -2.51. The molecular formula is C14H19N3O4. The van der Waals surface area contributed by atoms with Gasteiger partial charge in [0, 0.05) is 12.4 Å². The zero-order valence-corrected chi connectivity index (χ0v) is 12.5. The van der Waals surface area contributed by atoms with Gasteiger partial charge < -0.3 is 9.47 Å². The number of carbonyl (C=O) groups excluding carboxylic acids is 2. The maximum absolute atomic E-state index is 12.1. The Labute approximate surface area is 123 Å². The van der Waals surface area contributed by atoms with Crippen molar-refractivity contribution in [1.29, 1.82) is 0 Å². The molecule has 0 spiro atoms. The third-order valence-electron chi connectivity index (χ3n) is 2.92. The number of nitrogens with zero attached hydrogens (tertiary/aromatic N) is 2. The zero-order valence-electron chi connectivity index (χ0n) is 12.5. The molecule has 1 aliphatic rings. The lowest BCUT2D eigenvalue weighted by atomic mass is 10.0. The molecular weight excluding hydrogens is 274 g/mol. The number of rotatable bonds is 1. The van der Waals surface area contributed by atoms with Crippen molar-refractivity contribution in [3.8, 4) is 0 Å². The van der Waals surface area contributed by atoms with Gasteiger partial charge in [-0.25, -0.2) is 20.0 Å². The first-order valence-electron chi connectivity index (χ1n) is 6.59. The van der Waals surface area contributed by atoms with Gasteiger partial charge in [0.2, 0.25) is 0 Å².